The van der Waals surface area contributed by atoms with Crippen molar-refractivity contribution in [1.82, 2.24) is 5.32 Å². The molecule has 0 aliphatic carbocycles. The van der Waals surface area contributed by atoms with E-state index in [1.54, 1.807) is 0 Å². The second-order valence-electron chi connectivity index (χ2n) is 4.77. The van der Waals surface area contributed by atoms with Crippen LogP contribution in [0.1, 0.15) is 32.0 Å². The van der Waals surface area contributed by atoms with E-state index in [1.807, 2.05) is 44.3 Å². The Labute approximate surface area is 115 Å². The number of nitrogens with zero attached hydrogens (tertiary/aromatic N) is 2. The number of allylic oxidation sites excluding steroid dienone is 2. The zero-order valence-corrected chi connectivity index (χ0v) is 11.8. The summed E-state index contributed by atoms with van der Waals surface area (Å²) in [5.74, 6) is 0. The fourth-order valence-corrected chi connectivity index (χ4v) is 2.30. The first kappa shape index (κ1) is 13.7. The van der Waals surface area contributed by atoms with Gasteiger partial charge in [-0.15, -0.1) is 0 Å². The van der Waals surface area contributed by atoms with Crippen molar-refractivity contribution < 1.29 is 0 Å². The van der Waals surface area contributed by atoms with Crippen molar-refractivity contribution in [3.05, 3.63) is 48.0 Å². The summed E-state index contributed by atoms with van der Waals surface area (Å²) in [7, 11) is 1.82. The first-order valence-electron chi connectivity index (χ1n) is 6.72. The maximum Gasteiger partial charge on any atom is 0.126 e. The second-order valence-corrected chi connectivity index (χ2v) is 4.77. The van der Waals surface area contributed by atoms with Gasteiger partial charge >= 0.3 is 0 Å². The van der Waals surface area contributed by atoms with Crippen molar-refractivity contribution in [2.75, 3.05) is 7.05 Å². The van der Waals surface area contributed by atoms with Gasteiger partial charge in [0.15, 0.2) is 0 Å². The van der Waals surface area contributed by atoms with Crippen molar-refractivity contribution in [2.24, 2.45) is 9.98 Å². The summed E-state index contributed by atoms with van der Waals surface area (Å²) in [6.07, 6.45) is 4.98. The highest BCUT2D eigenvalue weighted by molar-refractivity contribution is 6.46. The molecule has 2 unspecified atom stereocenters. The number of nitrogens with one attached hydrogen (secondary N) is 1. The Morgan fingerprint density at radius 2 is 2.11 bits per heavy atom. The van der Waals surface area contributed by atoms with Crippen molar-refractivity contribution in [1.29, 1.82) is 0 Å². The normalized spacial score (nSPS) is 24.6. The molecule has 0 spiro atoms. The van der Waals surface area contributed by atoms with Crippen LogP contribution in [0.3, 0.4) is 0 Å². The van der Waals surface area contributed by atoms with Crippen LogP contribution in [0.5, 0.6) is 0 Å². The maximum absolute atomic E-state index is 4.82. The van der Waals surface area contributed by atoms with E-state index in [9.17, 15) is 0 Å². The predicted octanol–water partition coefficient (Wildman–Crippen LogP) is 3.15. The smallest absolute Gasteiger partial charge is 0.126 e. The van der Waals surface area contributed by atoms with Gasteiger partial charge in [0.05, 0.1) is 11.4 Å². The highest BCUT2D eigenvalue weighted by Gasteiger charge is 2.22. The van der Waals surface area contributed by atoms with Gasteiger partial charge in [-0.3, -0.25) is 15.3 Å². The quantitative estimate of drug-likeness (QED) is 0.828. The molecule has 2 atom stereocenters. The molecule has 0 fully saturated rings. The Morgan fingerprint density at radius 3 is 2.74 bits per heavy atom. The van der Waals surface area contributed by atoms with E-state index in [0.717, 1.165) is 17.8 Å². The topological polar surface area (TPSA) is 36.8 Å². The Balaban J connectivity index is 2.31. The number of hydrogen-bond acceptors (Lipinski definition) is 3. The molecule has 3 heteroatoms. The first-order valence-corrected chi connectivity index (χ1v) is 6.72. The minimum Gasteiger partial charge on any atom is -0.289 e. The van der Waals surface area contributed by atoms with Crippen LogP contribution in [0.4, 0.5) is 0 Å². The van der Waals surface area contributed by atoms with Gasteiger partial charge in [0.1, 0.15) is 6.17 Å². The average molecular weight is 255 g/mol. The molecule has 0 saturated heterocycles. The zero-order valence-electron chi connectivity index (χ0n) is 11.8. The molecule has 0 amide bonds. The SMILES string of the molecule is C/C=C\C(=NC)C1=NC(c2ccccc2)NC(C)C1. The summed E-state index contributed by atoms with van der Waals surface area (Å²) in [6.45, 7) is 4.19. The summed E-state index contributed by atoms with van der Waals surface area (Å²) < 4.78 is 0. The molecule has 0 aromatic heterocycles. The molecule has 1 aromatic rings. The lowest BCUT2D eigenvalue weighted by Crippen LogP contribution is -2.38. The Kier molecular flexibility index (Phi) is 4.63. The van der Waals surface area contributed by atoms with Gasteiger partial charge in [-0.2, -0.15) is 0 Å². The van der Waals surface area contributed by atoms with Crippen LogP contribution in [-0.4, -0.2) is 24.5 Å². The molecule has 3 nitrogen and oxygen atoms in total. The molecular formula is C16H21N3. The van der Waals surface area contributed by atoms with Gasteiger partial charge < -0.3 is 0 Å². The van der Waals surface area contributed by atoms with Crippen LogP contribution in [0, 0.1) is 0 Å². The molecule has 100 valence electrons. The van der Waals surface area contributed by atoms with E-state index in [2.05, 4.69) is 29.4 Å². The third-order valence-electron chi connectivity index (χ3n) is 3.20. The minimum atomic E-state index is 0.0296. The Hall–Kier alpha value is -1.74. The number of aliphatic imine (C=N–C) groups is 2. The highest BCUT2D eigenvalue weighted by atomic mass is 15.1. The third-order valence-corrected chi connectivity index (χ3v) is 3.20. The average Bonchev–Trinajstić information content (AvgIpc) is 2.45. The summed E-state index contributed by atoms with van der Waals surface area (Å²) in [4.78, 5) is 9.15. The second kappa shape index (κ2) is 6.43. The Bertz CT molecular complexity index is 500. The van der Waals surface area contributed by atoms with E-state index < -0.39 is 0 Å². The van der Waals surface area contributed by atoms with Crippen LogP contribution in [0.15, 0.2) is 52.5 Å². The summed E-state index contributed by atoms with van der Waals surface area (Å²) >= 11 is 0. The molecule has 1 aliphatic rings. The molecule has 2 rings (SSSR count). The summed E-state index contributed by atoms with van der Waals surface area (Å²) in [6, 6.07) is 10.7. The number of rotatable bonds is 3. The van der Waals surface area contributed by atoms with Crippen LogP contribution in [0.25, 0.3) is 0 Å². The van der Waals surface area contributed by atoms with Crippen molar-refractivity contribution in [2.45, 2.75) is 32.5 Å². The lowest BCUT2D eigenvalue weighted by Gasteiger charge is -2.27. The maximum atomic E-state index is 4.82. The van der Waals surface area contributed by atoms with E-state index in [4.69, 9.17) is 4.99 Å². The van der Waals surface area contributed by atoms with E-state index >= 15 is 0 Å². The largest absolute Gasteiger partial charge is 0.289 e. The van der Waals surface area contributed by atoms with Gasteiger partial charge in [-0.25, -0.2) is 0 Å². The number of hydrogen-bond donors (Lipinski definition) is 1. The summed E-state index contributed by atoms with van der Waals surface area (Å²) in [5, 5.41) is 3.52. The molecule has 0 bridgehead atoms. The van der Waals surface area contributed by atoms with Gasteiger partial charge in [-0.05, 0) is 25.5 Å². The molecule has 19 heavy (non-hydrogen) atoms. The first-order chi connectivity index (χ1) is 9.24. The fraction of sp³-hybridized carbons (Fsp3) is 0.375. The van der Waals surface area contributed by atoms with Crippen molar-refractivity contribution in [3.8, 4) is 0 Å². The summed E-state index contributed by atoms with van der Waals surface area (Å²) in [5.41, 5.74) is 3.26. The van der Waals surface area contributed by atoms with Gasteiger partial charge in [0.25, 0.3) is 0 Å². The van der Waals surface area contributed by atoms with Gasteiger partial charge in [0.2, 0.25) is 0 Å². The predicted molar refractivity (Wildman–Crippen MR) is 82.0 cm³/mol. The van der Waals surface area contributed by atoms with Crippen LogP contribution in [-0.2, 0) is 0 Å². The molecule has 0 saturated carbocycles. The molecule has 1 heterocycles. The molecule has 0 radical (unpaired) electrons. The third kappa shape index (κ3) is 3.38. The van der Waals surface area contributed by atoms with E-state index in [1.165, 1.54) is 5.56 Å². The fourth-order valence-electron chi connectivity index (χ4n) is 2.30. The van der Waals surface area contributed by atoms with Crippen LogP contribution in [0.2, 0.25) is 0 Å². The number of benzene rings is 1. The molecule has 1 aromatic carbocycles. The monoisotopic (exact) mass is 255 g/mol. The lowest BCUT2D eigenvalue weighted by atomic mass is 10.0. The molecule has 1 N–H and O–H groups in total. The minimum absolute atomic E-state index is 0.0296. The van der Waals surface area contributed by atoms with Crippen LogP contribution < -0.4 is 5.32 Å². The van der Waals surface area contributed by atoms with Crippen LogP contribution >= 0.6 is 0 Å². The lowest BCUT2D eigenvalue weighted by molar-refractivity contribution is 0.455. The molecular weight excluding hydrogens is 234 g/mol. The Morgan fingerprint density at radius 1 is 1.37 bits per heavy atom. The standard InChI is InChI=1S/C16H21N3/c1-4-8-14(17-3)15-11-12(2)18-16(19-15)13-9-6-5-7-10-13/h4-10,12,16,18H,11H2,1-3H3/b8-4-,17-14?. The highest BCUT2D eigenvalue weighted by Crippen LogP contribution is 2.20. The van der Waals surface area contributed by atoms with E-state index in [-0.39, 0.29) is 6.17 Å². The zero-order chi connectivity index (χ0) is 13.7. The van der Waals surface area contributed by atoms with Crippen molar-refractivity contribution in [3.63, 3.8) is 0 Å². The van der Waals surface area contributed by atoms with Crippen molar-refractivity contribution >= 4 is 11.4 Å². The van der Waals surface area contributed by atoms with Gasteiger partial charge in [0, 0.05) is 19.5 Å². The van der Waals surface area contributed by atoms with Gasteiger partial charge in [-0.1, -0.05) is 36.4 Å². The molecule has 1 aliphatic heterocycles. The van der Waals surface area contributed by atoms with E-state index in [0.29, 0.717) is 6.04 Å².